The van der Waals surface area contributed by atoms with Crippen molar-refractivity contribution in [3.8, 4) is 0 Å². The van der Waals surface area contributed by atoms with E-state index in [-0.39, 0.29) is 36.1 Å². The number of hydrogen-bond donors (Lipinski definition) is 1. The maximum Gasteiger partial charge on any atom is 0.293 e. The number of nitrogens with zero attached hydrogens (tertiary/aromatic N) is 3. The molecule has 0 bridgehead atoms. The number of aromatic nitrogens is 1. The summed E-state index contributed by atoms with van der Waals surface area (Å²) >= 11 is 0.788. The van der Waals surface area contributed by atoms with Crippen LogP contribution in [0.5, 0.6) is 0 Å². The number of amides is 3. The number of non-ortho nitro benzene ring substituents is 1. The van der Waals surface area contributed by atoms with E-state index in [2.05, 4.69) is 5.32 Å². The predicted molar refractivity (Wildman–Crippen MR) is 121 cm³/mol. The molecule has 9 nitrogen and oxygen atoms in total. The van der Waals surface area contributed by atoms with Gasteiger partial charge in [-0.1, -0.05) is 12.1 Å². The van der Waals surface area contributed by atoms with E-state index in [0.717, 1.165) is 16.7 Å². The van der Waals surface area contributed by atoms with E-state index < -0.39 is 21.9 Å². The van der Waals surface area contributed by atoms with Crippen molar-refractivity contribution in [3.63, 3.8) is 0 Å². The van der Waals surface area contributed by atoms with Crippen molar-refractivity contribution in [2.24, 2.45) is 0 Å². The molecule has 0 radical (unpaired) electrons. The highest BCUT2D eigenvalue weighted by Gasteiger charge is 2.34. The van der Waals surface area contributed by atoms with E-state index in [4.69, 9.17) is 0 Å². The third-order valence-electron chi connectivity index (χ3n) is 4.98. The van der Waals surface area contributed by atoms with Gasteiger partial charge in [-0.25, -0.2) is 4.39 Å². The number of nitro groups is 1. The van der Waals surface area contributed by atoms with Crippen LogP contribution in [0.2, 0.25) is 0 Å². The predicted octanol–water partition coefficient (Wildman–Crippen LogP) is 3.54. The van der Waals surface area contributed by atoms with Crippen LogP contribution in [0, 0.1) is 15.9 Å². The number of hydrogen-bond acceptors (Lipinski definition) is 6. The molecule has 0 aliphatic carbocycles. The van der Waals surface area contributed by atoms with Crippen molar-refractivity contribution in [1.82, 2.24) is 14.8 Å². The molecule has 1 aromatic heterocycles. The lowest BCUT2D eigenvalue weighted by Crippen LogP contribution is -2.38. The SMILES string of the molecule is O=C(Cn1ccc2cc([N+](=O)[O-])ccc21)NCCN1C(=O)S/C(=C/c2ccc(F)cc2)C1=O. The summed E-state index contributed by atoms with van der Waals surface area (Å²) in [6.07, 6.45) is 3.18. The number of carbonyl (C=O) groups excluding carboxylic acids is 3. The van der Waals surface area contributed by atoms with Crippen LogP contribution in [-0.4, -0.2) is 44.5 Å². The van der Waals surface area contributed by atoms with Crippen molar-refractivity contribution in [2.75, 3.05) is 13.1 Å². The monoisotopic (exact) mass is 468 g/mol. The third kappa shape index (κ3) is 4.93. The van der Waals surface area contributed by atoms with Gasteiger partial charge in [0, 0.05) is 42.3 Å². The lowest BCUT2D eigenvalue weighted by atomic mass is 10.2. The molecule has 3 aromatic rings. The zero-order chi connectivity index (χ0) is 23.5. The van der Waals surface area contributed by atoms with Gasteiger partial charge in [0.05, 0.1) is 9.83 Å². The Morgan fingerprint density at radius 2 is 1.91 bits per heavy atom. The quantitative estimate of drug-likeness (QED) is 0.322. The number of nitrogens with one attached hydrogen (secondary N) is 1. The molecule has 1 aliphatic rings. The summed E-state index contributed by atoms with van der Waals surface area (Å²) in [5.74, 6) is -1.20. The maximum absolute atomic E-state index is 13.0. The minimum atomic E-state index is -0.483. The average molecular weight is 468 g/mol. The highest BCUT2D eigenvalue weighted by atomic mass is 32.2. The van der Waals surface area contributed by atoms with Crippen LogP contribution in [0.25, 0.3) is 17.0 Å². The summed E-state index contributed by atoms with van der Waals surface area (Å²) in [5, 5.41) is 13.8. The minimum Gasteiger partial charge on any atom is -0.353 e. The van der Waals surface area contributed by atoms with E-state index in [1.165, 1.54) is 42.5 Å². The first-order valence-corrected chi connectivity index (χ1v) is 10.6. The summed E-state index contributed by atoms with van der Waals surface area (Å²) in [7, 11) is 0. The molecule has 4 rings (SSSR count). The third-order valence-corrected chi connectivity index (χ3v) is 5.89. The molecule has 0 atom stereocenters. The topological polar surface area (TPSA) is 115 Å². The van der Waals surface area contributed by atoms with Crippen LogP contribution in [0.3, 0.4) is 0 Å². The van der Waals surface area contributed by atoms with Crippen molar-refractivity contribution in [2.45, 2.75) is 6.54 Å². The lowest BCUT2D eigenvalue weighted by molar-refractivity contribution is -0.384. The molecule has 3 amide bonds. The Hall–Kier alpha value is -3.99. The second kappa shape index (κ2) is 9.25. The van der Waals surface area contributed by atoms with Gasteiger partial charge < -0.3 is 9.88 Å². The number of thioether (sulfide) groups is 1. The molecule has 1 saturated heterocycles. The number of imide groups is 1. The Morgan fingerprint density at radius 3 is 2.64 bits per heavy atom. The number of halogens is 1. The van der Waals surface area contributed by atoms with Gasteiger partial charge in [0.2, 0.25) is 5.91 Å². The van der Waals surface area contributed by atoms with Gasteiger partial charge in [-0.2, -0.15) is 0 Å². The van der Waals surface area contributed by atoms with Gasteiger partial charge in [-0.3, -0.25) is 29.4 Å². The number of benzene rings is 2. The van der Waals surface area contributed by atoms with E-state index in [9.17, 15) is 28.9 Å². The molecule has 0 unspecified atom stereocenters. The Labute approximate surface area is 191 Å². The van der Waals surface area contributed by atoms with Crippen LogP contribution >= 0.6 is 11.8 Å². The maximum atomic E-state index is 13.0. The lowest BCUT2D eigenvalue weighted by Gasteiger charge is -2.13. The van der Waals surface area contributed by atoms with E-state index in [1.807, 2.05) is 0 Å². The molecule has 2 heterocycles. The highest BCUT2D eigenvalue weighted by molar-refractivity contribution is 8.18. The van der Waals surface area contributed by atoms with Gasteiger partial charge in [0.1, 0.15) is 12.4 Å². The summed E-state index contributed by atoms with van der Waals surface area (Å²) in [4.78, 5) is 48.7. The molecule has 0 spiro atoms. The molecule has 168 valence electrons. The number of rotatable bonds is 7. The minimum absolute atomic E-state index is 0.00971. The Kier molecular flexibility index (Phi) is 6.22. The fourth-order valence-corrected chi connectivity index (χ4v) is 4.22. The number of nitro benzene ring substituents is 1. The van der Waals surface area contributed by atoms with E-state index in [0.29, 0.717) is 16.5 Å². The molecule has 11 heteroatoms. The molecule has 0 saturated carbocycles. The number of fused-ring (bicyclic) bond motifs is 1. The van der Waals surface area contributed by atoms with Crippen molar-refractivity contribution in [3.05, 3.63) is 81.1 Å². The fourth-order valence-electron chi connectivity index (χ4n) is 3.36. The van der Waals surface area contributed by atoms with Gasteiger partial charge in [0.25, 0.3) is 16.8 Å². The Balaban J connectivity index is 1.32. The van der Waals surface area contributed by atoms with Crippen LogP contribution < -0.4 is 5.32 Å². The molecule has 2 aromatic carbocycles. The van der Waals surface area contributed by atoms with E-state index in [1.54, 1.807) is 22.9 Å². The second-order valence-electron chi connectivity index (χ2n) is 7.18. The van der Waals surface area contributed by atoms with Gasteiger partial charge in [-0.15, -0.1) is 0 Å². The summed E-state index contributed by atoms with van der Waals surface area (Å²) in [6.45, 7) is 0.0643. The van der Waals surface area contributed by atoms with Crippen LogP contribution in [0.1, 0.15) is 5.56 Å². The fraction of sp³-hybridized carbons (Fsp3) is 0.136. The van der Waals surface area contributed by atoms with E-state index >= 15 is 0 Å². The van der Waals surface area contributed by atoms with Crippen molar-refractivity contribution < 1.29 is 23.7 Å². The molecule has 1 fully saturated rings. The first-order valence-electron chi connectivity index (χ1n) is 9.83. The van der Waals surface area contributed by atoms with Crippen LogP contribution in [0.4, 0.5) is 14.9 Å². The van der Waals surface area contributed by atoms with Gasteiger partial charge in [-0.05, 0) is 47.7 Å². The smallest absolute Gasteiger partial charge is 0.293 e. The van der Waals surface area contributed by atoms with Crippen LogP contribution in [-0.2, 0) is 16.1 Å². The largest absolute Gasteiger partial charge is 0.353 e. The Morgan fingerprint density at radius 1 is 1.15 bits per heavy atom. The molecule has 1 N–H and O–H groups in total. The Bertz CT molecular complexity index is 1300. The molecular weight excluding hydrogens is 451 g/mol. The zero-order valence-electron chi connectivity index (χ0n) is 17.1. The summed E-state index contributed by atoms with van der Waals surface area (Å²) in [5.41, 5.74) is 1.24. The molecular formula is C22H17FN4O5S. The standard InChI is InChI=1S/C22H17FN4O5S/c23-16-3-1-14(2-4-16)11-19-21(29)26(22(30)33-19)10-8-24-20(28)13-25-9-7-15-12-17(27(31)32)5-6-18(15)25/h1-7,9,11-12H,8,10,13H2,(H,24,28)/b19-11+. The normalized spacial score (nSPS) is 14.9. The summed E-state index contributed by atoms with van der Waals surface area (Å²) < 4.78 is 14.7. The van der Waals surface area contributed by atoms with Crippen molar-refractivity contribution >= 4 is 51.5 Å². The first-order chi connectivity index (χ1) is 15.8. The van der Waals surface area contributed by atoms with Crippen molar-refractivity contribution in [1.29, 1.82) is 0 Å². The average Bonchev–Trinajstić information content (AvgIpc) is 3.30. The number of carbonyl (C=O) groups is 3. The van der Waals surface area contributed by atoms with Gasteiger partial charge in [0.15, 0.2) is 0 Å². The first kappa shape index (κ1) is 22.2. The zero-order valence-corrected chi connectivity index (χ0v) is 17.9. The second-order valence-corrected chi connectivity index (χ2v) is 8.17. The van der Waals surface area contributed by atoms with Gasteiger partial charge >= 0.3 is 0 Å². The molecule has 33 heavy (non-hydrogen) atoms. The summed E-state index contributed by atoms with van der Waals surface area (Å²) in [6, 6.07) is 11.6. The molecule has 1 aliphatic heterocycles. The van der Waals surface area contributed by atoms with Crippen LogP contribution in [0.15, 0.2) is 59.6 Å². The highest BCUT2D eigenvalue weighted by Crippen LogP contribution is 2.31.